The summed E-state index contributed by atoms with van der Waals surface area (Å²) in [6, 6.07) is 11.2. The maximum atomic E-state index is 13.5. The second-order valence-corrected chi connectivity index (χ2v) is 9.51. The van der Waals surface area contributed by atoms with Crippen molar-refractivity contribution in [2.45, 2.75) is 44.9 Å². The minimum absolute atomic E-state index is 0.0287. The van der Waals surface area contributed by atoms with Crippen molar-refractivity contribution in [3.63, 3.8) is 0 Å². The molecule has 1 saturated carbocycles. The molecule has 194 valence electrons. The Hall–Kier alpha value is -3.07. The summed E-state index contributed by atoms with van der Waals surface area (Å²) >= 11 is 0. The second-order valence-electron chi connectivity index (χ2n) is 9.51. The molecule has 1 fully saturated rings. The van der Waals surface area contributed by atoms with E-state index >= 15 is 0 Å². The summed E-state index contributed by atoms with van der Waals surface area (Å²) in [6.45, 7) is 1.82. The number of alkyl halides is 3. The normalized spacial score (nSPS) is 15.7. The second kappa shape index (κ2) is 11.3. The predicted octanol–water partition coefficient (Wildman–Crippen LogP) is 4.05. The minimum Gasteiger partial charge on any atom is -0.376 e. The molecule has 2 aromatic rings. The first-order valence-electron chi connectivity index (χ1n) is 12.5. The lowest BCUT2D eigenvalue weighted by atomic mass is 9.83. The number of likely N-dealkylation sites (N-methyl/N-ethyl adjacent to an activating group) is 1. The van der Waals surface area contributed by atoms with Crippen LogP contribution in [0.2, 0.25) is 0 Å². The van der Waals surface area contributed by atoms with Crippen molar-refractivity contribution in [1.82, 2.24) is 15.1 Å². The van der Waals surface area contributed by atoms with Crippen LogP contribution >= 0.6 is 0 Å². The Balaban J connectivity index is 1.43. The first-order chi connectivity index (χ1) is 17.3. The van der Waals surface area contributed by atoms with Crippen molar-refractivity contribution in [2.24, 2.45) is 5.92 Å². The lowest BCUT2D eigenvalue weighted by Gasteiger charge is -2.35. The van der Waals surface area contributed by atoms with E-state index in [-0.39, 0.29) is 42.9 Å². The summed E-state index contributed by atoms with van der Waals surface area (Å²) in [6.07, 6.45) is -0.708. The number of fused-ring (bicyclic) bond motifs is 1. The molecular weight excluding hydrogens is 469 g/mol. The molecular formula is C27H33F3N4O2. The summed E-state index contributed by atoms with van der Waals surface area (Å²) < 4.78 is 40.4. The number of hydrogen-bond acceptors (Lipinski definition) is 4. The Labute approximate surface area is 209 Å². The highest BCUT2D eigenvalue weighted by Gasteiger charge is 2.34. The maximum absolute atomic E-state index is 13.5. The summed E-state index contributed by atoms with van der Waals surface area (Å²) in [5.41, 5.74) is 2.34. The van der Waals surface area contributed by atoms with E-state index in [4.69, 9.17) is 0 Å². The number of halogens is 3. The van der Waals surface area contributed by atoms with Crippen molar-refractivity contribution >= 4 is 17.5 Å². The van der Waals surface area contributed by atoms with Crippen LogP contribution in [0, 0.1) is 5.92 Å². The Morgan fingerprint density at radius 1 is 1.11 bits per heavy atom. The number of carbonyl (C=O) groups is 2. The number of anilines is 1. The van der Waals surface area contributed by atoms with E-state index in [0.29, 0.717) is 26.1 Å². The number of carbonyl (C=O) groups excluding carboxylic acids is 2. The van der Waals surface area contributed by atoms with Gasteiger partial charge in [0, 0.05) is 44.3 Å². The van der Waals surface area contributed by atoms with Gasteiger partial charge >= 0.3 is 6.18 Å². The molecule has 0 aromatic heterocycles. The Kier molecular flexibility index (Phi) is 8.18. The first-order valence-corrected chi connectivity index (χ1v) is 12.5. The van der Waals surface area contributed by atoms with Crippen molar-refractivity contribution in [3.05, 3.63) is 64.7 Å². The van der Waals surface area contributed by atoms with Crippen LogP contribution in [0.25, 0.3) is 0 Å². The molecule has 6 nitrogen and oxygen atoms in total. The van der Waals surface area contributed by atoms with E-state index in [1.807, 2.05) is 23.1 Å². The van der Waals surface area contributed by atoms with E-state index in [0.717, 1.165) is 42.1 Å². The van der Waals surface area contributed by atoms with Crippen molar-refractivity contribution in [1.29, 1.82) is 0 Å². The van der Waals surface area contributed by atoms with E-state index in [2.05, 4.69) is 10.6 Å². The molecule has 0 spiro atoms. The van der Waals surface area contributed by atoms with Gasteiger partial charge < -0.3 is 20.4 Å². The fourth-order valence-electron chi connectivity index (χ4n) is 4.84. The van der Waals surface area contributed by atoms with Gasteiger partial charge in [-0.1, -0.05) is 36.8 Å². The fourth-order valence-corrected chi connectivity index (χ4v) is 4.84. The van der Waals surface area contributed by atoms with Crippen molar-refractivity contribution in [3.8, 4) is 0 Å². The first kappa shape index (κ1) is 26.0. The van der Waals surface area contributed by atoms with Gasteiger partial charge in [-0.05, 0) is 55.1 Å². The molecule has 36 heavy (non-hydrogen) atoms. The van der Waals surface area contributed by atoms with E-state index in [1.54, 1.807) is 13.1 Å². The number of nitrogens with one attached hydrogen (secondary N) is 2. The Morgan fingerprint density at radius 2 is 1.89 bits per heavy atom. The van der Waals surface area contributed by atoms with Gasteiger partial charge in [0.1, 0.15) is 0 Å². The third kappa shape index (κ3) is 6.00. The van der Waals surface area contributed by atoms with Crippen LogP contribution < -0.4 is 10.6 Å². The van der Waals surface area contributed by atoms with Crippen LogP contribution in [0.4, 0.5) is 18.9 Å². The monoisotopic (exact) mass is 502 g/mol. The summed E-state index contributed by atoms with van der Waals surface area (Å²) in [4.78, 5) is 29.2. The van der Waals surface area contributed by atoms with Crippen LogP contribution in [0.1, 0.15) is 41.5 Å². The zero-order valence-electron chi connectivity index (χ0n) is 20.5. The predicted molar refractivity (Wildman–Crippen MR) is 132 cm³/mol. The summed E-state index contributed by atoms with van der Waals surface area (Å²) in [7, 11) is 1.74. The average Bonchev–Trinajstić information content (AvgIpc) is 2.83. The molecule has 2 aromatic carbocycles. The molecule has 2 aliphatic rings. The van der Waals surface area contributed by atoms with Crippen molar-refractivity contribution in [2.75, 3.05) is 38.5 Å². The van der Waals surface area contributed by atoms with Gasteiger partial charge in [0.25, 0.3) is 0 Å². The maximum Gasteiger partial charge on any atom is 0.416 e. The van der Waals surface area contributed by atoms with E-state index in [1.165, 1.54) is 17.0 Å². The van der Waals surface area contributed by atoms with Gasteiger partial charge in [0.15, 0.2) is 0 Å². The lowest BCUT2D eigenvalue weighted by molar-refractivity contribution is -0.140. The van der Waals surface area contributed by atoms with Crippen LogP contribution in [-0.4, -0.2) is 54.8 Å². The Bertz CT molecular complexity index is 1080. The molecule has 0 unspecified atom stereocenters. The molecule has 0 saturated heterocycles. The van der Waals surface area contributed by atoms with Gasteiger partial charge in [-0.3, -0.25) is 9.59 Å². The van der Waals surface area contributed by atoms with Crippen molar-refractivity contribution < 1.29 is 22.8 Å². The SMILES string of the molecule is CNCCN(Cc1ccccc1C(F)(F)F)C(=O)CNc1cccc2c1CCN(C(=O)C1CCC1)C2. The highest BCUT2D eigenvalue weighted by Crippen LogP contribution is 2.33. The third-order valence-corrected chi connectivity index (χ3v) is 7.13. The summed E-state index contributed by atoms with van der Waals surface area (Å²) in [5.74, 6) is 0.119. The van der Waals surface area contributed by atoms with E-state index in [9.17, 15) is 22.8 Å². The highest BCUT2D eigenvalue weighted by atomic mass is 19.4. The molecule has 0 radical (unpaired) electrons. The van der Waals surface area contributed by atoms with Gasteiger partial charge in [0.2, 0.25) is 11.8 Å². The number of rotatable bonds is 9. The van der Waals surface area contributed by atoms with Crippen LogP contribution in [-0.2, 0) is 35.3 Å². The van der Waals surface area contributed by atoms with Gasteiger partial charge in [0.05, 0.1) is 12.1 Å². The van der Waals surface area contributed by atoms with Crippen LogP contribution in [0.15, 0.2) is 42.5 Å². The highest BCUT2D eigenvalue weighted by molar-refractivity contribution is 5.82. The average molecular weight is 503 g/mol. The van der Waals surface area contributed by atoms with Gasteiger partial charge in [-0.25, -0.2) is 0 Å². The van der Waals surface area contributed by atoms with Crippen LogP contribution in [0.5, 0.6) is 0 Å². The number of benzene rings is 2. The zero-order valence-corrected chi connectivity index (χ0v) is 20.5. The van der Waals surface area contributed by atoms with Crippen LogP contribution in [0.3, 0.4) is 0 Å². The smallest absolute Gasteiger partial charge is 0.376 e. The quantitative estimate of drug-likeness (QED) is 0.543. The number of hydrogen-bond donors (Lipinski definition) is 2. The topological polar surface area (TPSA) is 64.7 Å². The summed E-state index contributed by atoms with van der Waals surface area (Å²) in [5, 5.41) is 6.17. The lowest BCUT2D eigenvalue weighted by Crippen LogP contribution is -2.42. The zero-order chi connectivity index (χ0) is 25.7. The molecule has 2 N–H and O–H groups in total. The molecule has 0 bridgehead atoms. The molecule has 9 heteroatoms. The molecule has 0 atom stereocenters. The largest absolute Gasteiger partial charge is 0.416 e. The standard InChI is InChI=1S/C27H33F3N4O2/c1-31-13-15-33(18-21-6-2-3-10-23(21)27(28,29)30)25(35)16-32-24-11-5-9-20-17-34(14-12-22(20)24)26(36)19-7-4-8-19/h2-3,5-6,9-11,19,31-32H,4,7-8,12-18H2,1H3. The number of amides is 2. The molecule has 2 amide bonds. The molecule has 1 heterocycles. The molecule has 1 aliphatic heterocycles. The third-order valence-electron chi connectivity index (χ3n) is 7.13. The minimum atomic E-state index is -4.48. The number of nitrogens with zero attached hydrogens (tertiary/aromatic N) is 2. The van der Waals surface area contributed by atoms with Gasteiger partial charge in [-0.15, -0.1) is 0 Å². The van der Waals surface area contributed by atoms with Gasteiger partial charge in [-0.2, -0.15) is 13.2 Å². The van der Waals surface area contributed by atoms with E-state index < -0.39 is 11.7 Å². The molecule has 4 rings (SSSR count). The Morgan fingerprint density at radius 3 is 2.58 bits per heavy atom. The molecule has 1 aliphatic carbocycles. The fraction of sp³-hybridized carbons (Fsp3) is 0.481.